The van der Waals surface area contributed by atoms with E-state index in [1.54, 1.807) is 0 Å². The Kier molecular flexibility index (Phi) is 8.13. The van der Waals surface area contributed by atoms with Gasteiger partial charge >= 0.3 is 0 Å². The molecule has 4 N–H and O–H groups in total. The van der Waals surface area contributed by atoms with Crippen LogP contribution in [0.25, 0.3) is 0 Å². The second-order valence-electron chi connectivity index (χ2n) is 9.41. The van der Waals surface area contributed by atoms with Gasteiger partial charge in [-0.05, 0) is 66.0 Å². The van der Waals surface area contributed by atoms with Crippen LogP contribution in [-0.4, -0.2) is 12.0 Å². The first-order valence-corrected chi connectivity index (χ1v) is 11.3. The SMILES string of the molecule is CCC(Oc1ccc(C(C)(C)CC)cc1C(C)(C)CC)C(=O)Nc1ccc(NN)cc1. The highest BCUT2D eigenvalue weighted by atomic mass is 16.5. The molecule has 0 radical (unpaired) electrons. The summed E-state index contributed by atoms with van der Waals surface area (Å²) in [5, 5.41) is 2.95. The van der Waals surface area contributed by atoms with E-state index in [9.17, 15) is 4.79 Å². The number of rotatable bonds is 10. The number of nitrogen functional groups attached to an aromatic ring is 1. The summed E-state index contributed by atoms with van der Waals surface area (Å²) in [6.45, 7) is 15.3. The van der Waals surface area contributed by atoms with Crippen LogP contribution in [0.2, 0.25) is 0 Å². The van der Waals surface area contributed by atoms with E-state index in [-0.39, 0.29) is 16.7 Å². The number of hydrazine groups is 1. The number of nitrogens with one attached hydrogen (secondary N) is 2. The van der Waals surface area contributed by atoms with Gasteiger partial charge in [0, 0.05) is 16.9 Å². The third-order valence-corrected chi connectivity index (χ3v) is 6.51. The molecule has 1 unspecified atom stereocenters. The molecule has 1 amide bonds. The predicted molar refractivity (Wildman–Crippen MR) is 131 cm³/mol. The third kappa shape index (κ3) is 6.01. The summed E-state index contributed by atoms with van der Waals surface area (Å²) in [5.41, 5.74) is 6.54. The number of nitrogens with two attached hydrogens (primary N) is 1. The van der Waals surface area contributed by atoms with Crippen molar-refractivity contribution in [2.75, 3.05) is 10.7 Å². The lowest BCUT2D eigenvalue weighted by Gasteiger charge is -2.31. The fourth-order valence-corrected chi connectivity index (χ4v) is 3.33. The molecule has 0 aliphatic heterocycles. The van der Waals surface area contributed by atoms with E-state index in [2.05, 4.69) is 64.4 Å². The molecule has 1 atom stereocenters. The minimum atomic E-state index is -0.580. The number of hydrogen-bond acceptors (Lipinski definition) is 4. The molecule has 5 heteroatoms. The minimum Gasteiger partial charge on any atom is -0.480 e. The quantitative estimate of drug-likeness (QED) is 0.315. The van der Waals surface area contributed by atoms with E-state index in [1.165, 1.54) is 5.56 Å². The number of amides is 1. The molecule has 2 aromatic rings. The maximum absolute atomic E-state index is 12.9. The Hall–Kier alpha value is -2.53. The second kappa shape index (κ2) is 10.2. The van der Waals surface area contributed by atoms with Gasteiger partial charge in [-0.1, -0.05) is 60.6 Å². The van der Waals surface area contributed by atoms with Crippen molar-refractivity contribution in [1.29, 1.82) is 0 Å². The van der Waals surface area contributed by atoms with E-state index in [0.717, 1.165) is 29.8 Å². The number of benzene rings is 2. The van der Waals surface area contributed by atoms with Crippen molar-refractivity contribution < 1.29 is 9.53 Å². The number of hydrogen-bond donors (Lipinski definition) is 3. The topological polar surface area (TPSA) is 76.4 Å². The van der Waals surface area contributed by atoms with E-state index >= 15 is 0 Å². The Morgan fingerprint density at radius 2 is 1.52 bits per heavy atom. The Bertz CT molecular complexity index is 873. The van der Waals surface area contributed by atoms with Crippen molar-refractivity contribution in [3.05, 3.63) is 53.6 Å². The lowest BCUT2D eigenvalue weighted by molar-refractivity contribution is -0.122. The van der Waals surface area contributed by atoms with Gasteiger partial charge in [-0.25, -0.2) is 0 Å². The van der Waals surface area contributed by atoms with Gasteiger partial charge < -0.3 is 15.5 Å². The van der Waals surface area contributed by atoms with Crippen molar-refractivity contribution >= 4 is 17.3 Å². The molecule has 5 nitrogen and oxygen atoms in total. The van der Waals surface area contributed by atoms with Crippen LogP contribution in [0.15, 0.2) is 42.5 Å². The largest absolute Gasteiger partial charge is 0.480 e. The molecule has 0 heterocycles. The van der Waals surface area contributed by atoms with Crippen LogP contribution in [0, 0.1) is 0 Å². The van der Waals surface area contributed by atoms with Crippen LogP contribution in [-0.2, 0) is 15.6 Å². The maximum atomic E-state index is 12.9. The summed E-state index contributed by atoms with van der Waals surface area (Å²) >= 11 is 0. The summed E-state index contributed by atoms with van der Waals surface area (Å²) in [6, 6.07) is 13.7. The number of anilines is 2. The zero-order valence-corrected chi connectivity index (χ0v) is 20.1. The van der Waals surface area contributed by atoms with Crippen LogP contribution >= 0.6 is 0 Å². The van der Waals surface area contributed by atoms with Crippen molar-refractivity contribution in [3.8, 4) is 5.75 Å². The van der Waals surface area contributed by atoms with Crippen LogP contribution in [0.1, 0.15) is 78.9 Å². The minimum absolute atomic E-state index is 0.0605. The molecule has 0 saturated heterocycles. The average molecular weight is 426 g/mol. The molecule has 0 fully saturated rings. The second-order valence-corrected chi connectivity index (χ2v) is 9.41. The lowest BCUT2D eigenvalue weighted by atomic mass is 9.76. The highest BCUT2D eigenvalue weighted by molar-refractivity contribution is 5.94. The molecule has 2 aromatic carbocycles. The van der Waals surface area contributed by atoms with Crippen molar-refractivity contribution in [1.82, 2.24) is 0 Å². The van der Waals surface area contributed by atoms with Gasteiger partial charge in [-0.15, -0.1) is 0 Å². The van der Waals surface area contributed by atoms with Crippen molar-refractivity contribution in [2.24, 2.45) is 5.84 Å². The fraction of sp³-hybridized carbons (Fsp3) is 0.500. The fourth-order valence-electron chi connectivity index (χ4n) is 3.33. The number of carbonyl (C=O) groups excluding carboxylic acids is 1. The zero-order valence-electron chi connectivity index (χ0n) is 20.1. The first-order valence-electron chi connectivity index (χ1n) is 11.3. The molecule has 31 heavy (non-hydrogen) atoms. The monoisotopic (exact) mass is 425 g/mol. The maximum Gasteiger partial charge on any atom is 0.265 e. The van der Waals surface area contributed by atoms with Crippen molar-refractivity contribution in [3.63, 3.8) is 0 Å². The highest BCUT2D eigenvalue weighted by Crippen LogP contribution is 2.39. The molecule has 0 aliphatic rings. The normalized spacial score (nSPS) is 12.9. The first-order chi connectivity index (χ1) is 14.6. The van der Waals surface area contributed by atoms with Gasteiger partial charge in [-0.3, -0.25) is 10.6 Å². The predicted octanol–water partition coefficient (Wildman–Crippen LogP) is 6.14. The standard InChI is InChI=1S/C26H39N3O2/c1-8-22(24(30)28-19-12-14-20(29-27)15-13-19)31-23-16-11-18(25(4,5)9-2)17-21(23)26(6,7)10-3/h11-17,22,29H,8-10,27H2,1-7H3,(H,28,30). The van der Waals surface area contributed by atoms with Crippen LogP contribution < -0.4 is 21.3 Å². The van der Waals surface area contributed by atoms with E-state index in [0.29, 0.717) is 12.1 Å². The molecule has 2 rings (SSSR count). The van der Waals surface area contributed by atoms with Gasteiger partial charge in [0.05, 0.1) is 0 Å². The number of carbonyl (C=O) groups is 1. The van der Waals surface area contributed by atoms with Crippen LogP contribution in [0.3, 0.4) is 0 Å². The molecular formula is C26H39N3O2. The molecule has 0 spiro atoms. The van der Waals surface area contributed by atoms with Gasteiger partial charge in [0.15, 0.2) is 6.10 Å². The molecule has 0 saturated carbocycles. The summed E-state index contributed by atoms with van der Waals surface area (Å²) < 4.78 is 6.32. The Morgan fingerprint density at radius 3 is 2.03 bits per heavy atom. The van der Waals surface area contributed by atoms with E-state index in [4.69, 9.17) is 10.6 Å². The zero-order chi connectivity index (χ0) is 23.2. The van der Waals surface area contributed by atoms with Gasteiger partial charge in [0.25, 0.3) is 5.91 Å². The third-order valence-electron chi connectivity index (χ3n) is 6.51. The van der Waals surface area contributed by atoms with Crippen LogP contribution in [0.4, 0.5) is 11.4 Å². The summed E-state index contributed by atoms with van der Waals surface area (Å²) in [5.74, 6) is 6.03. The molecule has 0 aliphatic carbocycles. The van der Waals surface area contributed by atoms with E-state index in [1.807, 2.05) is 37.3 Å². The average Bonchev–Trinajstić information content (AvgIpc) is 2.77. The van der Waals surface area contributed by atoms with E-state index < -0.39 is 6.10 Å². The van der Waals surface area contributed by atoms with Gasteiger partial charge in [0.1, 0.15) is 5.75 Å². The Labute approximate surface area is 187 Å². The van der Waals surface area contributed by atoms with Crippen LogP contribution in [0.5, 0.6) is 5.75 Å². The smallest absolute Gasteiger partial charge is 0.265 e. The first kappa shape index (κ1) is 24.7. The lowest BCUT2D eigenvalue weighted by Crippen LogP contribution is -2.33. The van der Waals surface area contributed by atoms with Crippen molar-refractivity contribution in [2.45, 2.75) is 84.7 Å². The summed E-state index contributed by atoms with van der Waals surface area (Å²) in [6.07, 6.45) is 2.02. The highest BCUT2D eigenvalue weighted by Gasteiger charge is 2.28. The van der Waals surface area contributed by atoms with Gasteiger partial charge in [-0.2, -0.15) is 0 Å². The molecular weight excluding hydrogens is 386 g/mol. The Balaban J connectivity index is 2.31. The molecule has 0 aromatic heterocycles. The molecule has 170 valence electrons. The summed E-state index contributed by atoms with van der Waals surface area (Å²) in [4.78, 5) is 12.9. The molecule has 0 bridgehead atoms. The summed E-state index contributed by atoms with van der Waals surface area (Å²) in [7, 11) is 0. The number of ether oxygens (including phenoxy) is 1. The van der Waals surface area contributed by atoms with Gasteiger partial charge in [0.2, 0.25) is 0 Å². The Morgan fingerprint density at radius 1 is 0.935 bits per heavy atom.